The van der Waals surface area contributed by atoms with Crippen molar-refractivity contribution in [2.24, 2.45) is 12.8 Å². The van der Waals surface area contributed by atoms with E-state index in [1.54, 1.807) is 0 Å². The van der Waals surface area contributed by atoms with Crippen LogP contribution in [0.4, 0.5) is 0 Å². The summed E-state index contributed by atoms with van der Waals surface area (Å²) in [6.07, 6.45) is 0.783. The van der Waals surface area contributed by atoms with Gasteiger partial charge in [0, 0.05) is 13.5 Å². The normalized spacial score (nSPS) is 10.9. The van der Waals surface area contributed by atoms with Crippen molar-refractivity contribution in [3.05, 3.63) is 30.1 Å². The summed E-state index contributed by atoms with van der Waals surface area (Å²) in [5, 5.41) is 0. The molecule has 0 saturated carbocycles. The van der Waals surface area contributed by atoms with Crippen molar-refractivity contribution < 1.29 is 4.79 Å². The van der Waals surface area contributed by atoms with Crippen molar-refractivity contribution in [1.82, 2.24) is 9.55 Å². The van der Waals surface area contributed by atoms with Crippen molar-refractivity contribution in [1.29, 1.82) is 0 Å². The van der Waals surface area contributed by atoms with Crippen molar-refractivity contribution in [3.8, 4) is 0 Å². The van der Waals surface area contributed by atoms with Crippen LogP contribution in [-0.4, -0.2) is 21.9 Å². The number of Topliss-reactive ketones (excluding diaryl/α,β-unsaturated/α-hetero) is 1. The molecule has 4 nitrogen and oxygen atoms in total. The van der Waals surface area contributed by atoms with Gasteiger partial charge in [0.1, 0.15) is 11.6 Å². The summed E-state index contributed by atoms with van der Waals surface area (Å²) in [6, 6.07) is 7.86. The predicted octanol–water partition coefficient (Wildman–Crippen LogP) is 1.03. The van der Waals surface area contributed by atoms with Crippen LogP contribution in [0, 0.1) is 0 Å². The number of nitrogens with zero attached hydrogens (tertiary/aromatic N) is 2. The minimum absolute atomic E-state index is 0.140. The van der Waals surface area contributed by atoms with Crippen molar-refractivity contribution in [2.75, 3.05) is 6.54 Å². The number of ketones is 1. The number of rotatable bonds is 4. The second-order valence-electron chi connectivity index (χ2n) is 3.83. The zero-order valence-electron chi connectivity index (χ0n) is 9.31. The second-order valence-corrected chi connectivity index (χ2v) is 3.83. The molecule has 4 heteroatoms. The fraction of sp³-hybridized carbons (Fsp3) is 0.333. The molecule has 0 fully saturated rings. The number of nitrogens with two attached hydrogens (primary N) is 1. The number of carbonyl (C=O) groups excluding carboxylic acids is 1. The quantitative estimate of drug-likeness (QED) is 0.832. The zero-order valence-corrected chi connectivity index (χ0v) is 9.31. The Balaban J connectivity index is 2.31. The molecule has 2 aromatic rings. The first kappa shape index (κ1) is 10.8. The highest BCUT2D eigenvalue weighted by atomic mass is 16.1. The molecule has 0 aliphatic carbocycles. The van der Waals surface area contributed by atoms with E-state index in [0.29, 0.717) is 19.4 Å². The molecule has 0 radical (unpaired) electrons. The van der Waals surface area contributed by atoms with E-state index in [4.69, 9.17) is 5.73 Å². The molecule has 2 N–H and O–H groups in total. The number of benzene rings is 1. The highest BCUT2D eigenvalue weighted by molar-refractivity contribution is 5.82. The number of hydrogen-bond donors (Lipinski definition) is 1. The van der Waals surface area contributed by atoms with Crippen LogP contribution in [0.25, 0.3) is 11.0 Å². The third-order valence-electron chi connectivity index (χ3n) is 2.66. The van der Waals surface area contributed by atoms with E-state index in [1.165, 1.54) is 0 Å². The van der Waals surface area contributed by atoms with E-state index < -0.39 is 0 Å². The van der Waals surface area contributed by atoms with Crippen LogP contribution in [0.2, 0.25) is 0 Å². The predicted molar refractivity (Wildman–Crippen MR) is 63.1 cm³/mol. The molecule has 0 amide bonds. The lowest BCUT2D eigenvalue weighted by atomic mass is 10.2. The Morgan fingerprint density at radius 3 is 2.88 bits per heavy atom. The lowest BCUT2D eigenvalue weighted by Gasteiger charge is -2.00. The van der Waals surface area contributed by atoms with Gasteiger partial charge in [-0.3, -0.25) is 4.79 Å². The molecule has 84 valence electrons. The van der Waals surface area contributed by atoms with Gasteiger partial charge in [-0.25, -0.2) is 4.98 Å². The SMILES string of the molecule is Cn1c(CC(=O)CCN)nc2ccccc21. The first-order chi connectivity index (χ1) is 7.72. The Morgan fingerprint density at radius 2 is 2.19 bits per heavy atom. The second kappa shape index (κ2) is 4.45. The Bertz CT molecular complexity index is 516. The molecular formula is C12H15N3O. The molecule has 0 bridgehead atoms. The zero-order chi connectivity index (χ0) is 11.5. The van der Waals surface area contributed by atoms with E-state index in [9.17, 15) is 4.79 Å². The Kier molecular flexibility index (Phi) is 3.01. The largest absolute Gasteiger partial charge is 0.331 e. The van der Waals surface area contributed by atoms with Crippen molar-refractivity contribution >= 4 is 16.8 Å². The van der Waals surface area contributed by atoms with E-state index in [-0.39, 0.29) is 5.78 Å². The standard InChI is InChI=1S/C12H15N3O/c1-15-11-5-3-2-4-10(11)14-12(15)8-9(16)6-7-13/h2-5H,6-8,13H2,1H3. The lowest BCUT2D eigenvalue weighted by Crippen LogP contribution is -2.12. The third kappa shape index (κ3) is 1.97. The molecule has 0 aliphatic rings. The van der Waals surface area contributed by atoms with Gasteiger partial charge in [0.2, 0.25) is 0 Å². The number of para-hydroxylation sites is 2. The first-order valence-corrected chi connectivity index (χ1v) is 5.34. The van der Waals surface area contributed by atoms with Crippen LogP contribution in [0.3, 0.4) is 0 Å². The molecular weight excluding hydrogens is 202 g/mol. The van der Waals surface area contributed by atoms with Gasteiger partial charge in [-0.1, -0.05) is 12.1 Å². The minimum atomic E-state index is 0.140. The molecule has 0 spiro atoms. The average Bonchev–Trinajstić information content (AvgIpc) is 2.57. The van der Waals surface area contributed by atoms with Gasteiger partial charge in [-0.15, -0.1) is 0 Å². The smallest absolute Gasteiger partial charge is 0.141 e. The molecule has 1 aromatic heterocycles. The van der Waals surface area contributed by atoms with Crippen LogP contribution in [-0.2, 0) is 18.3 Å². The van der Waals surface area contributed by atoms with Gasteiger partial charge in [0.15, 0.2) is 0 Å². The Hall–Kier alpha value is -1.68. The van der Waals surface area contributed by atoms with Gasteiger partial charge in [-0.05, 0) is 18.7 Å². The number of hydrogen-bond acceptors (Lipinski definition) is 3. The number of imidazole rings is 1. The summed E-state index contributed by atoms with van der Waals surface area (Å²) >= 11 is 0. The van der Waals surface area contributed by atoms with Gasteiger partial charge < -0.3 is 10.3 Å². The summed E-state index contributed by atoms with van der Waals surface area (Å²) in [5.41, 5.74) is 7.33. The molecule has 0 atom stereocenters. The topological polar surface area (TPSA) is 60.9 Å². The maximum atomic E-state index is 11.5. The summed E-state index contributed by atoms with van der Waals surface area (Å²) in [5.74, 6) is 0.945. The summed E-state index contributed by atoms with van der Waals surface area (Å²) in [7, 11) is 1.93. The first-order valence-electron chi connectivity index (χ1n) is 5.34. The van der Waals surface area contributed by atoms with Gasteiger partial charge >= 0.3 is 0 Å². The van der Waals surface area contributed by atoms with E-state index in [1.807, 2.05) is 35.9 Å². The van der Waals surface area contributed by atoms with Crippen molar-refractivity contribution in [2.45, 2.75) is 12.8 Å². The number of carbonyl (C=O) groups is 1. The van der Waals surface area contributed by atoms with Crippen LogP contribution < -0.4 is 5.73 Å². The molecule has 0 saturated heterocycles. The van der Waals surface area contributed by atoms with E-state index >= 15 is 0 Å². The molecule has 16 heavy (non-hydrogen) atoms. The molecule has 1 heterocycles. The maximum Gasteiger partial charge on any atom is 0.141 e. The van der Waals surface area contributed by atoms with E-state index in [2.05, 4.69) is 4.98 Å². The fourth-order valence-electron chi connectivity index (χ4n) is 1.78. The number of aromatic nitrogens is 2. The molecule has 0 aliphatic heterocycles. The lowest BCUT2D eigenvalue weighted by molar-refractivity contribution is -0.118. The van der Waals surface area contributed by atoms with Crippen molar-refractivity contribution in [3.63, 3.8) is 0 Å². The number of fused-ring (bicyclic) bond motifs is 1. The van der Waals surface area contributed by atoms with Crippen LogP contribution in [0.15, 0.2) is 24.3 Å². The van der Waals surface area contributed by atoms with Gasteiger partial charge in [-0.2, -0.15) is 0 Å². The molecule has 2 rings (SSSR count). The van der Waals surface area contributed by atoms with Gasteiger partial charge in [0.25, 0.3) is 0 Å². The average molecular weight is 217 g/mol. The third-order valence-corrected chi connectivity index (χ3v) is 2.66. The van der Waals surface area contributed by atoms with Crippen LogP contribution in [0.1, 0.15) is 12.2 Å². The van der Waals surface area contributed by atoms with Crippen LogP contribution >= 0.6 is 0 Å². The summed E-state index contributed by atoms with van der Waals surface area (Å²) in [6.45, 7) is 0.406. The van der Waals surface area contributed by atoms with Gasteiger partial charge in [0.05, 0.1) is 17.5 Å². The fourth-order valence-corrected chi connectivity index (χ4v) is 1.78. The molecule has 1 aromatic carbocycles. The number of aryl methyl sites for hydroxylation is 1. The monoisotopic (exact) mass is 217 g/mol. The molecule has 0 unspecified atom stereocenters. The van der Waals surface area contributed by atoms with E-state index in [0.717, 1.165) is 16.9 Å². The Labute approximate surface area is 94.1 Å². The summed E-state index contributed by atoms with van der Waals surface area (Å²) in [4.78, 5) is 15.9. The minimum Gasteiger partial charge on any atom is -0.331 e. The summed E-state index contributed by atoms with van der Waals surface area (Å²) < 4.78 is 1.96. The van der Waals surface area contributed by atoms with Crippen LogP contribution in [0.5, 0.6) is 0 Å². The highest BCUT2D eigenvalue weighted by Crippen LogP contribution is 2.14. The Morgan fingerprint density at radius 1 is 1.44 bits per heavy atom. The highest BCUT2D eigenvalue weighted by Gasteiger charge is 2.10. The maximum absolute atomic E-state index is 11.5.